The van der Waals surface area contributed by atoms with Crippen LogP contribution in [0.2, 0.25) is 0 Å². The molecule has 0 radical (unpaired) electrons. The fourth-order valence-electron chi connectivity index (χ4n) is 3.88. The van der Waals surface area contributed by atoms with Crippen molar-refractivity contribution in [3.63, 3.8) is 0 Å². The number of ether oxygens (including phenoxy) is 1. The molecule has 0 aromatic carbocycles. The van der Waals surface area contributed by atoms with Crippen LogP contribution in [0, 0.1) is 0 Å². The highest BCUT2D eigenvalue weighted by atomic mass is 16.5. The van der Waals surface area contributed by atoms with E-state index in [4.69, 9.17) is 4.74 Å². The van der Waals surface area contributed by atoms with Crippen LogP contribution in [0.4, 0.5) is 0 Å². The van der Waals surface area contributed by atoms with Gasteiger partial charge in [-0.3, -0.25) is 9.69 Å². The summed E-state index contributed by atoms with van der Waals surface area (Å²) in [6, 6.07) is 0.392. The van der Waals surface area contributed by atoms with Crippen molar-refractivity contribution >= 4 is 5.97 Å². The summed E-state index contributed by atoms with van der Waals surface area (Å²) in [6.45, 7) is 5.95. The molecule has 0 aromatic heterocycles. The average molecular weight is 269 g/mol. The number of carbonyl (C=O) groups is 1. The van der Waals surface area contributed by atoms with Crippen molar-refractivity contribution in [3.05, 3.63) is 0 Å². The predicted molar refractivity (Wildman–Crippen MR) is 74.3 cm³/mol. The summed E-state index contributed by atoms with van der Waals surface area (Å²) >= 11 is 0. The molecule has 1 N–H and O–H groups in total. The summed E-state index contributed by atoms with van der Waals surface area (Å²) in [5.41, 5.74) is -0.602. The van der Waals surface area contributed by atoms with Gasteiger partial charge in [0.1, 0.15) is 5.54 Å². The Morgan fingerprint density at radius 3 is 2.89 bits per heavy atom. The highest BCUT2D eigenvalue weighted by Crippen LogP contribution is 2.38. The molecule has 2 saturated heterocycles. The van der Waals surface area contributed by atoms with Crippen LogP contribution < -0.4 is 0 Å². The number of hydrogen-bond acceptors (Lipinski definition) is 3. The Bertz CT molecular complexity index is 321. The molecule has 2 heterocycles. The van der Waals surface area contributed by atoms with Crippen molar-refractivity contribution in [2.45, 2.75) is 76.5 Å². The molecule has 0 aromatic rings. The summed E-state index contributed by atoms with van der Waals surface area (Å²) in [5.74, 6) is -0.619. The zero-order valence-corrected chi connectivity index (χ0v) is 12.2. The molecule has 0 aliphatic carbocycles. The highest BCUT2D eigenvalue weighted by molar-refractivity contribution is 5.79. The fraction of sp³-hybridized carbons (Fsp3) is 0.933. The molecule has 0 spiro atoms. The lowest BCUT2D eigenvalue weighted by Gasteiger charge is -2.43. The standard InChI is InChI=1S/C15H27NO3/c1-3-7-15(14(17)18)8-5-9-16(15)12-6-10-19-13(4-2)11-12/h12-13H,3-11H2,1-2H3,(H,17,18). The molecular weight excluding hydrogens is 242 g/mol. The van der Waals surface area contributed by atoms with Crippen LogP contribution in [0.3, 0.4) is 0 Å². The molecule has 3 atom stereocenters. The first-order valence-corrected chi connectivity index (χ1v) is 7.75. The number of rotatable bonds is 5. The Labute approximate surface area is 116 Å². The maximum absolute atomic E-state index is 11.8. The number of hydrogen-bond donors (Lipinski definition) is 1. The third-order valence-corrected chi connectivity index (χ3v) is 4.84. The van der Waals surface area contributed by atoms with E-state index in [9.17, 15) is 9.90 Å². The van der Waals surface area contributed by atoms with Crippen molar-refractivity contribution in [1.29, 1.82) is 0 Å². The van der Waals surface area contributed by atoms with Gasteiger partial charge in [-0.25, -0.2) is 0 Å². The van der Waals surface area contributed by atoms with E-state index in [1.54, 1.807) is 0 Å². The number of aliphatic carboxylic acids is 1. The zero-order valence-electron chi connectivity index (χ0n) is 12.2. The molecule has 2 aliphatic rings. The van der Waals surface area contributed by atoms with E-state index in [0.717, 1.165) is 58.1 Å². The molecule has 110 valence electrons. The van der Waals surface area contributed by atoms with E-state index in [1.165, 1.54) is 0 Å². The number of carboxylic acid groups (broad SMARTS) is 1. The van der Waals surface area contributed by atoms with Crippen molar-refractivity contribution in [2.24, 2.45) is 0 Å². The van der Waals surface area contributed by atoms with Crippen molar-refractivity contribution in [1.82, 2.24) is 4.90 Å². The van der Waals surface area contributed by atoms with Crippen molar-refractivity contribution in [2.75, 3.05) is 13.2 Å². The Morgan fingerprint density at radius 2 is 2.26 bits per heavy atom. The molecule has 4 nitrogen and oxygen atoms in total. The van der Waals surface area contributed by atoms with Crippen molar-refractivity contribution in [3.8, 4) is 0 Å². The smallest absolute Gasteiger partial charge is 0.324 e. The van der Waals surface area contributed by atoms with E-state index >= 15 is 0 Å². The third-order valence-electron chi connectivity index (χ3n) is 4.84. The van der Waals surface area contributed by atoms with Crippen LogP contribution in [0.25, 0.3) is 0 Å². The topological polar surface area (TPSA) is 49.8 Å². The largest absolute Gasteiger partial charge is 0.480 e. The Balaban J connectivity index is 2.14. The highest BCUT2D eigenvalue weighted by Gasteiger charge is 2.49. The van der Waals surface area contributed by atoms with E-state index < -0.39 is 11.5 Å². The summed E-state index contributed by atoms with van der Waals surface area (Å²) in [5, 5.41) is 9.75. The monoisotopic (exact) mass is 269 g/mol. The molecule has 2 aliphatic heterocycles. The lowest BCUT2D eigenvalue weighted by Crippen LogP contribution is -2.56. The van der Waals surface area contributed by atoms with E-state index in [-0.39, 0.29) is 0 Å². The molecule has 0 amide bonds. The Morgan fingerprint density at radius 1 is 1.47 bits per heavy atom. The van der Waals surface area contributed by atoms with Gasteiger partial charge >= 0.3 is 5.97 Å². The van der Waals surface area contributed by atoms with Crippen LogP contribution in [0.1, 0.15) is 58.8 Å². The quantitative estimate of drug-likeness (QED) is 0.833. The summed E-state index contributed by atoms with van der Waals surface area (Å²) < 4.78 is 5.73. The first-order valence-electron chi connectivity index (χ1n) is 7.75. The molecule has 3 unspecified atom stereocenters. The van der Waals surface area contributed by atoms with Gasteiger partial charge in [-0.05, 0) is 45.1 Å². The second kappa shape index (κ2) is 6.23. The van der Waals surface area contributed by atoms with Gasteiger partial charge in [-0.15, -0.1) is 0 Å². The second-order valence-corrected chi connectivity index (χ2v) is 5.96. The SMILES string of the molecule is CCCC1(C(=O)O)CCCN1C1CCOC(CC)C1. The van der Waals surface area contributed by atoms with E-state index in [1.807, 2.05) is 0 Å². The van der Waals surface area contributed by atoms with Gasteiger partial charge in [0.2, 0.25) is 0 Å². The van der Waals surface area contributed by atoms with Gasteiger partial charge in [-0.2, -0.15) is 0 Å². The maximum atomic E-state index is 11.8. The Hall–Kier alpha value is -0.610. The predicted octanol–water partition coefficient (Wildman–Crippen LogP) is 2.66. The Kier molecular flexibility index (Phi) is 4.85. The second-order valence-electron chi connectivity index (χ2n) is 5.96. The lowest BCUT2D eigenvalue weighted by atomic mass is 9.87. The van der Waals surface area contributed by atoms with Gasteiger partial charge < -0.3 is 9.84 Å². The minimum atomic E-state index is -0.619. The average Bonchev–Trinajstić information content (AvgIpc) is 2.84. The molecule has 19 heavy (non-hydrogen) atoms. The van der Waals surface area contributed by atoms with Crippen LogP contribution in [-0.4, -0.2) is 46.8 Å². The molecule has 0 bridgehead atoms. The fourth-order valence-corrected chi connectivity index (χ4v) is 3.88. The molecule has 2 rings (SSSR count). The summed E-state index contributed by atoms with van der Waals surface area (Å²) in [4.78, 5) is 14.1. The molecule has 0 saturated carbocycles. The maximum Gasteiger partial charge on any atom is 0.324 e. The number of likely N-dealkylation sites (tertiary alicyclic amines) is 1. The lowest BCUT2D eigenvalue weighted by molar-refractivity contribution is -0.154. The van der Waals surface area contributed by atoms with Gasteiger partial charge in [0.05, 0.1) is 6.10 Å². The summed E-state index contributed by atoms with van der Waals surface area (Å²) in [6.07, 6.45) is 6.85. The normalized spacial score (nSPS) is 36.5. The van der Waals surface area contributed by atoms with Crippen LogP contribution in [0.15, 0.2) is 0 Å². The molecule has 4 heteroatoms. The van der Waals surface area contributed by atoms with Gasteiger partial charge in [-0.1, -0.05) is 20.3 Å². The van der Waals surface area contributed by atoms with E-state index in [0.29, 0.717) is 12.1 Å². The minimum Gasteiger partial charge on any atom is -0.480 e. The summed E-state index contributed by atoms with van der Waals surface area (Å²) in [7, 11) is 0. The first kappa shape index (κ1) is 14.8. The van der Waals surface area contributed by atoms with Crippen LogP contribution in [-0.2, 0) is 9.53 Å². The zero-order chi connectivity index (χ0) is 13.9. The van der Waals surface area contributed by atoms with Gasteiger partial charge in [0, 0.05) is 12.6 Å². The first-order chi connectivity index (χ1) is 9.14. The van der Waals surface area contributed by atoms with Gasteiger partial charge in [0.15, 0.2) is 0 Å². The molecule has 2 fully saturated rings. The van der Waals surface area contributed by atoms with E-state index in [2.05, 4.69) is 18.7 Å². The van der Waals surface area contributed by atoms with Crippen molar-refractivity contribution < 1.29 is 14.6 Å². The minimum absolute atomic E-state index is 0.312. The number of carboxylic acids is 1. The molecular formula is C15H27NO3. The van der Waals surface area contributed by atoms with Crippen LogP contribution >= 0.6 is 0 Å². The number of nitrogens with zero attached hydrogens (tertiary/aromatic N) is 1. The van der Waals surface area contributed by atoms with Crippen LogP contribution in [0.5, 0.6) is 0 Å². The third kappa shape index (κ3) is 2.79. The van der Waals surface area contributed by atoms with Gasteiger partial charge in [0.25, 0.3) is 0 Å².